The number of rotatable bonds is 3. The van der Waals surface area contributed by atoms with E-state index in [1.54, 1.807) is 6.07 Å². The summed E-state index contributed by atoms with van der Waals surface area (Å²) in [5, 5.41) is 4.54. The monoisotopic (exact) mass is 243 g/mol. The van der Waals surface area contributed by atoms with E-state index in [9.17, 15) is 0 Å². The highest BCUT2D eigenvalue weighted by Gasteiger charge is 2.15. The zero-order chi connectivity index (χ0) is 10.7. The fraction of sp³-hybridized carbons (Fsp3) is 0.600. The summed E-state index contributed by atoms with van der Waals surface area (Å²) < 4.78 is 0. The van der Waals surface area contributed by atoms with Crippen molar-refractivity contribution in [2.75, 3.05) is 17.6 Å². The average molecular weight is 244 g/mol. The fourth-order valence-electron chi connectivity index (χ4n) is 1.65. The minimum absolute atomic E-state index is 0.504. The van der Waals surface area contributed by atoms with E-state index in [1.165, 1.54) is 18.6 Å². The van der Waals surface area contributed by atoms with Crippen LogP contribution in [0.2, 0.25) is 5.15 Å². The smallest absolute Gasteiger partial charge is 0.134 e. The van der Waals surface area contributed by atoms with Crippen LogP contribution >= 0.6 is 23.4 Å². The van der Waals surface area contributed by atoms with Crippen molar-refractivity contribution in [3.8, 4) is 0 Å². The van der Waals surface area contributed by atoms with Gasteiger partial charge in [-0.15, -0.1) is 0 Å². The van der Waals surface area contributed by atoms with E-state index in [1.807, 2.05) is 18.7 Å². The minimum Gasteiger partial charge on any atom is -0.369 e. The molecule has 1 fully saturated rings. The second-order valence-corrected chi connectivity index (χ2v) is 5.43. The zero-order valence-electron chi connectivity index (χ0n) is 8.66. The number of aromatic nitrogens is 2. The molecule has 1 atom stereocenters. The summed E-state index contributed by atoms with van der Waals surface area (Å²) in [5.41, 5.74) is 0. The molecule has 1 N–H and O–H groups in total. The van der Waals surface area contributed by atoms with E-state index in [0.717, 1.165) is 17.6 Å². The first kappa shape index (κ1) is 11.0. The highest BCUT2D eigenvalue weighted by molar-refractivity contribution is 8.00. The van der Waals surface area contributed by atoms with Crippen LogP contribution in [0.15, 0.2) is 6.07 Å². The summed E-state index contributed by atoms with van der Waals surface area (Å²) in [7, 11) is 0. The largest absolute Gasteiger partial charge is 0.369 e. The van der Waals surface area contributed by atoms with Gasteiger partial charge in [-0.05, 0) is 25.5 Å². The van der Waals surface area contributed by atoms with Gasteiger partial charge in [0.05, 0.1) is 0 Å². The standard InChI is InChI=1S/C10H14ClN3S/c1-7-13-9(11)5-10(14-7)12-6-8-3-2-4-15-8/h5,8H,2-4,6H2,1H3,(H,12,13,14). The van der Waals surface area contributed by atoms with Gasteiger partial charge in [-0.1, -0.05) is 11.6 Å². The van der Waals surface area contributed by atoms with Gasteiger partial charge in [0.25, 0.3) is 0 Å². The van der Waals surface area contributed by atoms with Gasteiger partial charge in [0.1, 0.15) is 16.8 Å². The molecule has 1 unspecified atom stereocenters. The number of thioether (sulfide) groups is 1. The second-order valence-electron chi connectivity index (χ2n) is 3.64. The normalized spacial score (nSPS) is 20.5. The van der Waals surface area contributed by atoms with Crippen LogP contribution < -0.4 is 5.32 Å². The number of hydrogen-bond donors (Lipinski definition) is 1. The molecule has 1 aromatic heterocycles. The van der Waals surface area contributed by atoms with Crippen molar-refractivity contribution < 1.29 is 0 Å². The number of anilines is 1. The van der Waals surface area contributed by atoms with Gasteiger partial charge < -0.3 is 5.32 Å². The molecule has 3 nitrogen and oxygen atoms in total. The predicted octanol–water partition coefficient (Wildman–Crippen LogP) is 2.75. The van der Waals surface area contributed by atoms with E-state index in [2.05, 4.69) is 15.3 Å². The Morgan fingerprint density at radius 1 is 1.60 bits per heavy atom. The lowest BCUT2D eigenvalue weighted by molar-refractivity contribution is 0.802. The summed E-state index contributed by atoms with van der Waals surface area (Å²) in [4.78, 5) is 8.30. The van der Waals surface area contributed by atoms with Crippen molar-refractivity contribution in [3.63, 3.8) is 0 Å². The third kappa shape index (κ3) is 3.24. The first-order valence-electron chi connectivity index (χ1n) is 5.11. The highest BCUT2D eigenvalue weighted by Crippen LogP contribution is 2.26. The van der Waals surface area contributed by atoms with Crippen molar-refractivity contribution in [1.29, 1.82) is 0 Å². The number of nitrogens with one attached hydrogen (secondary N) is 1. The fourth-order valence-corrected chi connectivity index (χ4v) is 3.07. The number of hydrogen-bond acceptors (Lipinski definition) is 4. The molecule has 0 aromatic carbocycles. The van der Waals surface area contributed by atoms with Crippen LogP contribution in [-0.2, 0) is 0 Å². The topological polar surface area (TPSA) is 37.8 Å². The summed E-state index contributed by atoms with van der Waals surface area (Å²) in [6.45, 7) is 2.82. The Morgan fingerprint density at radius 3 is 3.13 bits per heavy atom. The van der Waals surface area contributed by atoms with Gasteiger partial charge in [-0.2, -0.15) is 11.8 Å². The van der Waals surface area contributed by atoms with Crippen LogP contribution in [-0.4, -0.2) is 27.5 Å². The van der Waals surface area contributed by atoms with Gasteiger partial charge in [0, 0.05) is 17.9 Å². The molecule has 2 rings (SSSR count). The molecule has 0 aliphatic carbocycles. The first-order chi connectivity index (χ1) is 7.24. The molecule has 5 heteroatoms. The van der Waals surface area contributed by atoms with Crippen molar-refractivity contribution in [1.82, 2.24) is 9.97 Å². The van der Waals surface area contributed by atoms with Crippen molar-refractivity contribution in [2.45, 2.75) is 25.0 Å². The van der Waals surface area contributed by atoms with E-state index in [0.29, 0.717) is 11.0 Å². The summed E-state index contributed by atoms with van der Waals surface area (Å²) >= 11 is 7.88. The lowest BCUT2D eigenvalue weighted by Crippen LogP contribution is -2.14. The SMILES string of the molecule is Cc1nc(Cl)cc(NCC2CCCS2)n1. The molecule has 0 amide bonds. The van der Waals surface area contributed by atoms with E-state index >= 15 is 0 Å². The molecule has 1 saturated heterocycles. The number of halogens is 1. The van der Waals surface area contributed by atoms with E-state index in [-0.39, 0.29) is 0 Å². The Labute approximate surface area is 99.0 Å². The molecule has 1 aliphatic rings. The van der Waals surface area contributed by atoms with Crippen LogP contribution in [0.1, 0.15) is 18.7 Å². The Morgan fingerprint density at radius 2 is 2.47 bits per heavy atom. The minimum atomic E-state index is 0.504. The van der Waals surface area contributed by atoms with Crippen molar-refractivity contribution in [2.24, 2.45) is 0 Å². The third-order valence-electron chi connectivity index (χ3n) is 2.34. The lowest BCUT2D eigenvalue weighted by atomic mass is 10.2. The molecule has 15 heavy (non-hydrogen) atoms. The van der Waals surface area contributed by atoms with Crippen LogP contribution in [0.3, 0.4) is 0 Å². The summed E-state index contributed by atoms with van der Waals surface area (Å²) in [5.74, 6) is 2.83. The Bertz CT molecular complexity index is 319. The Balaban J connectivity index is 1.92. The Hall–Kier alpha value is -0.480. The molecule has 82 valence electrons. The average Bonchev–Trinajstić information content (AvgIpc) is 2.65. The molecular formula is C10H14ClN3S. The summed E-state index contributed by atoms with van der Waals surface area (Å²) in [6.07, 6.45) is 2.63. The quantitative estimate of drug-likeness (QED) is 0.829. The molecule has 0 saturated carbocycles. The molecule has 2 heterocycles. The highest BCUT2D eigenvalue weighted by atomic mass is 35.5. The van der Waals surface area contributed by atoms with Crippen LogP contribution in [0.4, 0.5) is 5.82 Å². The van der Waals surface area contributed by atoms with Gasteiger partial charge >= 0.3 is 0 Å². The third-order valence-corrected chi connectivity index (χ3v) is 3.93. The predicted molar refractivity (Wildman–Crippen MR) is 65.7 cm³/mol. The van der Waals surface area contributed by atoms with Crippen LogP contribution in [0.25, 0.3) is 0 Å². The molecule has 0 spiro atoms. The number of aryl methyl sites for hydroxylation is 1. The van der Waals surface area contributed by atoms with E-state index in [4.69, 9.17) is 11.6 Å². The van der Waals surface area contributed by atoms with Crippen LogP contribution in [0.5, 0.6) is 0 Å². The van der Waals surface area contributed by atoms with Gasteiger partial charge in [-0.3, -0.25) is 0 Å². The zero-order valence-corrected chi connectivity index (χ0v) is 10.2. The van der Waals surface area contributed by atoms with E-state index < -0.39 is 0 Å². The van der Waals surface area contributed by atoms with Gasteiger partial charge in [0.15, 0.2) is 0 Å². The molecule has 1 aromatic rings. The molecular weight excluding hydrogens is 230 g/mol. The van der Waals surface area contributed by atoms with Crippen molar-refractivity contribution in [3.05, 3.63) is 17.0 Å². The first-order valence-corrected chi connectivity index (χ1v) is 6.53. The molecule has 0 bridgehead atoms. The molecule has 1 aliphatic heterocycles. The summed E-state index contributed by atoms with van der Waals surface area (Å²) in [6, 6.07) is 1.77. The Kier molecular flexibility index (Phi) is 3.70. The van der Waals surface area contributed by atoms with Crippen molar-refractivity contribution >= 4 is 29.2 Å². The maximum Gasteiger partial charge on any atom is 0.134 e. The van der Waals surface area contributed by atoms with Gasteiger partial charge in [0.2, 0.25) is 0 Å². The lowest BCUT2D eigenvalue weighted by Gasteiger charge is -2.10. The van der Waals surface area contributed by atoms with Gasteiger partial charge in [-0.25, -0.2) is 9.97 Å². The maximum atomic E-state index is 5.85. The number of nitrogens with zero attached hydrogens (tertiary/aromatic N) is 2. The van der Waals surface area contributed by atoms with Crippen LogP contribution in [0, 0.1) is 6.92 Å². The molecule has 0 radical (unpaired) electrons. The second kappa shape index (κ2) is 5.03. The maximum absolute atomic E-state index is 5.85.